The van der Waals surface area contributed by atoms with Crippen LogP contribution in [0, 0.1) is 55.7 Å². The molecule has 5 aliphatic rings. The average molecular weight is 453 g/mol. The molecule has 33 heavy (non-hydrogen) atoms. The summed E-state index contributed by atoms with van der Waals surface area (Å²) in [4.78, 5) is 0. The van der Waals surface area contributed by atoms with Gasteiger partial charge in [0.15, 0.2) is 0 Å². The Morgan fingerprint density at radius 2 is 1.42 bits per heavy atom. The predicted octanol–water partition coefficient (Wildman–Crippen LogP) is 10.2. The summed E-state index contributed by atoms with van der Waals surface area (Å²) >= 11 is 0. The zero-order valence-electron chi connectivity index (χ0n) is 24.1. The van der Waals surface area contributed by atoms with Crippen molar-refractivity contribution in [3.8, 4) is 0 Å². The van der Waals surface area contributed by atoms with E-state index in [0.717, 1.165) is 17.8 Å². The molecule has 0 aromatic rings. The molecule has 0 aliphatic heterocycles. The second-order valence-corrected chi connectivity index (χ2v) is 16.5. The van der Waals surface area contributed by atoms with Crippen LogP contribution in [0.5, 0.6) is 0 Å². The maximum absolute atomic E-state index is 2.87. The molecule has 8 unspecified atom stereocenters. The zero-order chi connectivity index (χ0) is 24.3. The first-order valence-corrected chi connectivity index (χ1v) is 14.8. The van der Waals surface area contributed by atoms with Crippen molar-refractivity contribution in [2.24, 2.45) is 55.7 Å². The van der Waals surface area contributed by atoms with E-state index in [9.17, 15) is 0 Å². The van der Waals surface area contributed by atoms with Crippen molar-refractivity contribution in [1.29, 1.82) is 0 Å². The fraction of sp³-hybridized carbons (Fsp3) is 0.939. The van der Waals surface area contributed by atoms with Gasteiger partial charge in [0.1, 0.15) is 0 Å². The van der Waals surface area contributed by atoms with Crippen molar-refractivity contribution in [3.63, 3.8) is 0 Å². The Morgan fingerprint density at radius 3 is 2.09 bits per heavy atom. The van der Waals surface area contributed by atoms with E-state index in [4.69, 9.17) is 0 Å². The van der Waals surface area contributed by atoms with E-state index in [1.165, 1.54) is 70.6 Å². The molecule has 5 aliphatic carbocycles. The highest BCUT2D eigenvalue weighted by molar-refractivity contribution is 5.33. The van der Waals surface area contributed by atoms with Gasteiger partial charge in [-0.1, -0.05) is 80.9 Å². The molecule has 0 aromatic carbocycles. The van der Waals surface area contributed by atoms with Gasteiger partial charge in [-0.2, -0.15) is 0 Å². The second kappa shape index (κ2) is 6.94. The minimum atomic E-state index is 0.414. The predicted molar refractivity (Wildman–Crippen MR) is 143 cm³/mol. The standard InChI is InChI=1S/C33H56/c1-11-31(8)26-14-15-33(10)25(30(26,7)20-17-28(31,4)5)13-12-23-24-22-27(2,3)16-18-29(24,6)19-21-32(23,33)9/h12,24-26H,11,13-22H2,1-10H3. The van der Waals surface area contributed by atoms with Crippen LogP contribution in [-0.2, 0) is 0 Å². The van der Waals surface area contributed by atoms with Crippen molar-refractivity contribution in [1.82, 2.24) is 0 Å². The van der Waals surface area contributed by atoms with Crippen molar-refractivity contribution < 1.29 is 0 Å². The topological polar surface area (TPSA) is 0 Å². The number of hydrogen-bond donors (Lipinski definition) is 0. The smallest absolute Gasteiger partial charge is 0.00565 e. The SMILES string of the molecule is CCC1(C)C2CCC3(C)C(CC=C4C5CC(C)(C)CCC5(C)CCC43C)C2(C)CCC1(C)C. The number of rotatable bonds is 1. The molecule has 5 rings (SSSR count). The molecule has 0 nitrogen and oxygen atoms in total. The maximum atomic E-state index is 2.87. The molecule has 8 atom stereocenters. The van der Waals surface area contributed by atoms with Crippen LogP contribution < -0.4 is 0 Å². The molecule has 0 spiro atoms. The quantitative estimate of drug-likeness (QED) is 0.347. The second-order valence-electron chi connectivity index (χ2n) is 16.5. The normalized spacial score (nSPS) is 54.8. The minimum Gasteiger partial charge on any atom is -0.0841 e. The molecule has 0 radical (unpaired) electrons. The summed E-state index contributed by atoms with van der Waals surface area (Å²) < 4.78 is 0. The Morgan fingerprint density at radius 1 is 0.758 bits per heavy atom. The molecule has 188 valence electrons. The van der Waals surface area contributed by atoms with E-state index >= 15 is 0 Å². The summed E-state index contributed by atoms with van der Waals surface area (Å²) in [7, 11) is 0. The average Bonchev–Trinajstić information content (AvgIpc) is 2.73. The molecular formula is C33H56. The van der Waals surface area contributed by atoms with Gasteiger partial charge in [-0.25, -0.2) is 0 Å². The maximum Gasteiger partial charge on any atom is -0.00565 e. The van der Waals surface area contributed by atoms with Crippen LogP contribution in [0.4, 0.5) is 0 Å². The third kappa shape index (κ3) is 2.94. The first-order valence-electron chi connectivity index (χ1n) is 14.8. The van der Waals surface area contributed by atoms with Gasteiger partial charge in [0.25, 0.3) is 0 Å². The molecule has 4 saturated carbocycles. The van der Waals surface area contributed by atoms with E-state index in [2.05, 4.69) is 75.3 Å². The molecule has 0 heteroatoms. The third-order valence-corrected chi connectivity index (χ3v) is 14.7. The van der Waals surface area contributed by atoms with Gasteiger partial charge in [-0.3, -0.25) is 0 Å². The Bertz CT molecular complexity index is 844. The van der Waals surface area contributed by atoms with Gasteiger partial charge < -0.3 is 0 Å². The van der Waals surface area contributed by atoms with Crippen LogP contribution in [0.1, 0.15) is 140 Å². The Labute approximate surface area is 207 Å². The van der Waals surface area contributed by atoms with Gasteiger partial charge in [-0.15, -0.1) is 0 Å². The van der Waals surface area contributed by atoms with Crippen molar-refractivity contribution in [3.05, 3.63) is 11.6 Å². The highest BCUT2D eigenvalue weighted by Crippen LogP contribution is 2.77. The summed E-state index contributed by atoms with van der Waals surface area (Å²) in [5.41, 5.74) is 5.34. The monoisotopic (exact) mass is 452 g/mol. The van der Waals surface area contributed by atoms with Gasteiger partial charge in [-0.05, 0) is 126 Å². The van der Waals surface area contributed by atoms with E-state index in [1.807, 2.05) is 5.57 Å². The summed E-state index contributed by atoms with van der Waals surface area (Å²) in [6.45, 7) is 26.4. The number of fused-ring (bicyclic) bond motifs is 7. The van der Waals surface area contributed by atoms with Crippen LogP contribution in [0.2, 0.25) is 0 Å². The lowest BCUT2D eigenvalue weighted by molar-refractivity contribution is -0.212. The van der Waals surface area contributed by atoms with E-state index in [0.29, 0.717) is 37.9 Å². The fourth-order valence-electron chi connectivity index (χ4n) is 11.3. The fourth-order valence-corrected chi connectivity index (χ4v) is 11.3. The molecule has 4 fully saturated rings. The van der Waals surface area contributed by atoms with Crippen molar-refractivity contribution in [2.75, 3.05) is 0 Å². The van der Waals surface area contributed by atoms with Crippen molar-refractivity contribution >= 4 is 0 Å². The lowest BCUT2D eigenvalue weighted by atomic mass is 9.32. The lowest BCUT2D eigenvalue weighted by Gasteiger charge is -2.73. The highest BCUT2D eigenvalue weighted by atomic mass is 14.7. The molecule has 0 amide bonds. The molecule has 0 aromatic heterocycles. The van der Waals surface area contributed by atoms with Gasteiger partial charge >= 0.3 is 0 Å². The van der Waals surface area contributed by atoms with Gasteiger partial charge in [0, 0.05) is 0 Å². The first-order chi connectivity index (χ1) is 15.1. The molecule has 0 heterocycles. The first kappa shape index (κ1) is 24.4. The third-order valence-electron chi connectivity index (χ3n) is 14.7. The van der Waals surface area contributed by atoms with Crippen LogP contribution in [0.3, 0.4) is 0 Å². The van der Waals surface area contributed by atoms with Crippen LogP contribution in [0.25, 0.3) is 0 Å². The van der Waals surface area contributed by atoms with Crippen LogP contribution >= 0.6 is 0 Å². The summed E-state index contributed by atoms with van der Waals surface area (Å²) in [5.74, 6) is 2.58. The summed E-state index contributed by atoms with van der Waals surface area (Å²) in [6.07, 6.45) is 18.6. The molecule has 0 saturated heterocycles. The Kier molecular flexibility index (Phi) is 5.14. The van der Waals surface area contributed by atoms with E-state index < -0.39 is 0 Å². The summed E-state index contributed by atoms with van der Waals surface area (Å²) in [6, 6.07) is 0. The molecule has 0 bridgehead atoms. The van der Waals surface area contributed by atoms with E-state index in [-0.39, 0.29) is 0 Å². The van der Waals surface area contributed by atoms with Gasteiger partial charge in [0.05, 0.1) is 0 Å². The highest BCUT2D eigenvalue weighted by Gasteiger charge is 2.68. The lowest BCUT2D eigenvalue weighted by Crippen LogP contribution is -2.65. The van der Waals surface area contributed by atoms with Crippen molar-refractivity contribution in [2.45, 2.75) is 140 Å². The van der Waals surface area contributed by atoms with Crippen LogP contribution in [-0.4, -0.2) is 0 Å². The van der Waals surface area contributed by atoms with Crippen LogP contribution in [0.15, 0.2) is 11.6 Å². The minimum absolute atomic E-state index is 0.414. The number of hydrogen-bond acceptors (Lipinski definition) is 0. The largest absolute Gasteiger partial charge is 0.0841 e. The zero-order valence-corrected chi connectivity index (χ0v) is 24.1. The summed E-state index contributed by atoms with van der Waals surface area (Å²) in [5, 5.41) is 0. The van der Waals surface area contributed by atoms with E-state index in [1.54, 1.807) is 0 Å². The molecule has 0 N–H and O–H groups in total. The molecular weight excluding hydrogens is 396 g/mol. The Balaban J connectivity index is 1.58. The number of allylic oxidation sites excluding steroid dienone is 2. The van der Waals surface area contributed by atoms with Gasteiger partial charge in [0.2, 0.25) is 0 Å². The Hall–Kier alpha value is -0.260.